The van der Waals surface area contributed by atoms with Gasteiger partial charge in [0.05, 0.1) is 5.60 Å². The van der Waals surface area contributed by atoms with E-state index in [0.717, 1.165) is 58.6 Å². The average molecular weight is 267 g/mol. The Bertz CT molecular complexity index is 333. The lowest BCUT2D eigenvalue weighted by Gasteiger charge is -2.43. The van der Waals surface area contributed by atoms with Crippen molar-refractivity contribution in [2.75, 3.05) is 32.9 Å². The second-order valence-electron chi connectivity index (χ2n) is 6.48. The Hall–Kier alpha value is -0.450. The number of ether oxygens (including phenoxy) is 2. The number of ketones is 1. The van der Waals surface area contributed by atoms with Crippen molar-refractivity contribution in [2.24, 2.45) is 17.8 Å². The van der Waals surface area contributed by atoms with Crippen molar-refractivity contribution in [1.82, 2.24) is 5.32 Å². The molecule has 0 bridgehead atoms. The molecule has 4 nitrogen and oxygen atoms in total. The molecule has 3 aliphatic heterocycles. The molecule has 0 amide bonds. The van der Waals surface area contributed by atoms with Gasteiger partial charge in [-0.1, -0.05) is 6.92 Å². The molecular weight excluding hydrogens is 242 g/mol. The molecule has 0 aromatic rings. The highest BCUT2D eigenvalue weighted by molar-refractivity contribution is 5.84. The van der Waals surface area contributed by atoms with E-state index < -0.39 is 0 Å². The fourth-order valence-corrected chi connectivity index (χ4v) is 3.86. The first-order chi connectivity index (χ1) is 9.20. The molecule has 1 spiro atoms. The van der Waals surface area contributed by atoms with E-state index >= 15 is 0 Å². The zero-order valence-electron chi connectivity index (χ0n) is 11.8. The molecule has 4 heteroatoms. The Balaban J connectivity index is 1.65. The number of nitrogens with one attached hydrogen (secondary N) is 1. The zero-order chi connectivity index (χ0) is 13.3. The first kappa shape index (κ1) is 13.5. The highest BCUT2D eigenvalue weighted by Crippen LogP contribution is 2.39. The Kier molecular flexibility index (Phi) is 3.92. The second-order valence-corrected chi connectivity index (χ2v) is 6.48. The molecule has 0 saturated carbocycles. The number of rotatable bonds is 2. The van der Waals surface area contributed by atoms with Crippen LogP contribution in [0.3, 0.4) is 0 Å². The van der Waals surface area contributed by atoms with E-state index in [1.165, 1.54) is 0 Å². The van der Waals surface area contributed by atoms with Crippen molar-refractivity contribution in [3.63, 3.8) is 0 Å². The van der Waals surface area contributed by atoms with Gasteiger partial charge in [0.25, 0.3) is 0 Å². The number of carbonyl (C=O) groups is 1. The molecular formula is C15H25NO3. The van der Waals surface area contributed by atoms with Gasteiger partial charge >= 0.3 is 0 Å². The largest absolute Gasteiger partial charge is 0.381 e. The summed E-state index contributed by atoms with van der Waals surface area (Å²) in [5.41, 5.74) is -0.0634. The van der Waals surface area contributed by atoms with Crippen LogP contribution in [0.15, 0.2) is 0 Å². The van der Waals surface area contributed by atoms with Crippen LogP contribution in [0.1, 0.15) is 32.6 Å². The lowest BCUT2D eigenvalue weighted by molar-refractivity contribution is -0.159. The molecule has 0 aromatic carbocycles. The van der Waals surface area contributed by atoms with Crippen molar-refractivity contribution in [1.29, 1.82) is 0 Å². The fourth-order valence-electron chi connectivity index (χ4n) is 3.86. The zero-order valence-corrected chi connectivity index (χ0v) is 11.8. The van der Waals surface area contributed by atoms with Crippen LogP contribution in [0.5, 0.6) is 0 Å². The van der Waals surface area contributed by atoms with E-state index in [-0.39, 0.29) is 17.4 Å². The van der Waals surface area contributed by atoms with E-state index in [1.54, 1.807) is 0 Å². The Morgan fingerprint density at radius 3 is 2.68 bits per heavy atom. The Morgan fingerprint density at radius 2 is 2.00 bits per heavy atom. The summed E-state index contributed by atoms with van der Waals surface area (Å²) < 4.78 is 11.5. The van der Waals surface area contributed by atoms with Crippen molar-refractivity contribution < 1.29 is 14.3 Å². The molecule has 3 fully saturated rings. The molecule has 3 aliphatic rings. The molecule has 0 aromatic heterocycles. The molecule has 19 heavy (non-hydrogen) atoms. The minimum atomic E-state index is -0.0634. The van der Waals surface area contributed by atoms with Crippen molar-refractivity contribution in [3.05, 3.63) is 0 Å². The van der Waals surface area contributed by atoms with Gasteiger partial charge in [-0.25, -0.2) is 0 Å². The summed E-state index contributed by atoms with van der Waals surface area (Å²) in [6, 6.07) is 0. The lowest BCUT2D eigenvalue weighted by atomic mass is 9.75. The molecule has 3 unspecified atom stereocenters. The van der Waals surface area contributed by atoms with Gasteiger partial charge in [0, 0.05) is 38.2 Å². The van der Waals surface area contributed by atoms with Crippen LogP contribution in [0, 0.1) is 17.8 Å². The monoisotopic (exact) mass is 267 g/mol. The Morgan fingerprint density at radius 1 is 1.21 bits per heavy atom. The minimum absolute atomic E-state index is 0.0634. The van der Waals surface area contributed by atoms with E-state index in [2.05, 4.69) is 12.2 Å². The average Bonchev–Trinajstić information content (AvgIpc) is 2.85. The number of hydrogen-bond donors (Lipinski definition) is 1. The molecule has 3 heterocycles. The molecule has 3 atom stereocenters. The van der Waals surface area contributed by atoms with Crippen LogP contribution in [0.2, 0.25) is 0 Å². The van der Waals surface area contributed by atoms with Gasteiger partial charge in [-0.2, -0.15) is 0 Å². The van der Waals surface area contributed by atoms with E-state index in [4.69, 9.17) is 9.47 Å². The predicted molar refractivity (Wildman–Crippen MR) is 72.0 cm³/mol. The summed E-state index contributed by atoms with van der Waals surface area (Å²) in [4.78, 5) is 12.7. The molecule has 0 radical (unpaired) electrons. The third-order valence-corrected chi connectivity index (χ3v) is 5.18. The van der Waals surface area contributed by atoms with Crippen LogP contribution < -0.4 is 5.32 Å². The van der Waals surface area contributed by atoms with Gasteiger partial charge in [0.2, 0.25) is 0 Å². The van der Waals surface area contributed by atoms with Crippen LogP contribution in [-0.4, -0.2) is 44.3 Å². The molecule has 3 rings (SSSR count). The Labute approximate surface area is 115 Å². The summed E-state index contributed by atoms with van der Waals surface area (Å²) in [6.07, 6.45) is 3.73. The summed E-state index contributed by atoms with van der Waals surface area (Å²) in [6.45, 7) is 6.34. The molecule has 1 N–H and O–H groups in total. The van der Waals surface area contributed by atoms with E-state index in [0.29, 0.717) is 11.7 Å². The predicted octanol–water partition coefficient (Wildman–Crippen LogP) is 1.39. The van der Waals surface area contributed by atoms with Crippen molar-refractivity contribution in [2.45, 2.75) is 38.2 Å². The first-order valence-electron chi connectivity index (χ1n) is 7.66. The maximum atomic E-state index is 12.7. The summed E-state index contributed by atoms with van der Waals surface area (Å²) in [5.74, 6) is 1.40. The van der Waals surface area contributed by atoms with Crippen LogP contribution in [-0.2, 0) is 14.3 Å². The fraction of sp³-hybridized carbons (Fsp3) is 0.933. The van der Waals surface area contributed by atoms with Crippen molar-refractivity contribution >= 4 is 5.78 Å². The van der Waals surface area contributed by atoms with Gasteiger partial charge in [-0.05, 0) is 38.1 Å². The summed E-state index contributed by atoms with van der Waals surface area (Å²) in [5, 5.41) is 3.34. The third kappa shape index (κ3) is 2.71. The van der Waals surface area contributed by atoms with E-state index in [9.17, 15) is 4.79 Å². The lowest BCUT2D eigenvalue weighted by Crippen LogP contribution is -2.47. The smallest absolute Gasteiger partial charge is 0.140 e. The molecule has 3 saturated heterocycles. The van der Waals surface area contributed by atoms with Gasteiger partial charge in [-0.3, -0.25) is 4.79 Å². The van der Waals surface area contributed by atoms with Crippen LogP contribution in [0.25, 0.3) is 0 Å². The molecule has 0 aliphatic carbocycles. The van der Waals surface area contributed by atoms with Crippen LogP contribution in [0.4, 0.5) is 0 Å². The standard InChI is InChI=1S/C15H25NO3/c1-11-9-16-10-13(11)14(17)12-2-5-19-15(8-12)3-6-18-7-4-15/h11-13,16H,2-10H2,1H3. The van der Waals surface area contributed by atoms with Crippen LogP contribution >= 0.6 is 0 Å². The maximum Gasteiger partial charge on any atom is 0.140 e. The highest BCUT2D eigenvalue weighted by Gasteiger charge is 2.43. The number of hydrogen-bond acceptors (Lipinski definition) is 4. The minimum Gasteiger partial charge on any atom is -0.381 e. The molecule has 108 valence electrons. The highest BCUT2D eigenvalue weighted by atomic mass is 16.5. The van der Waals surface area contributed by atoms with E-state index in [1.807, 2.05) is 0 Å². The van der Waals surface area contributed by atoms with Gasteiger partial charge < -0.3 is 14.8 Å². The third-order valence-electron chi connectivity index (χ3n) is 5.18. The SMILES string of the molecule is CC1CNCC1C(=O)C1CCOC2(CCOCC2)C1. The quantitative estimate of drug-likeness (QED) is 0.821. The normalized spacial score (nSPS) is 38.5. The number of Topliss-reactive ketones (excluding diaryl/α,β-unsaturated/α-hetero) is 1. The number of carbonyl (C=O) groups excluding carboxylic acids is 1. The maximum absolute atomic E-state index is 12.7. The first-order valence-corrected chi connectivity index (χ1v) is 7.66. The second kappa shape index (κ2) is 5.51. The summed E-state index contributed by atoms with van der Waals surface area (Å²) >= 11 is 0. The van der Waals surface area contributed by atoms with Gasteiger partial charge in [0.15, 0.2) is 0 Å². The topological polar surface area (TPSA) is 47.6 Å². The summed E-state index contributed by atoms with van der Waals surface area (Å²) in [7, 11) is 0. The van der Waals surface area contributed by atoms with Crippen molar-refractivity contribution in [3.8, 4) is 0 Å². The van der Waals surface area contributed by atoms with Gasteiger partial charge in [0.1, 0.15) is 5.78 Å². The van der Waals surface area contributed by atoms with Gasteiger partial charge in [-0.15, -0.1) is 0 Å².